The molecule has 2 aliphatic rings. The molecule has 5 nitrogen and oxygen atoms in total. The second kappa shape index (κ2) is 9.19. The van der Waals surface area contributed by atoms with E-state index in [4.69, 9.17) is 21.1 Å². The molecular weight excluding hydrogens is 363 g/mol. The highest BCUT2D eigenvalue weighted by Crippen LogP contribution is 2.34. The molecule has 0 spiro atoms. The fourth-order valence-corrected chi connectivity index (χ4v) is 3.78. The lowest BCUT2D eigenvalue weighted by Crippen LogP contribution is -2.54. The number of morpholine rings is 1. The van der Waals surface area contributed by atoms with Gasteiger partial charge in [0.2, 0.25) is 5.91 Å². The summed E-state index contributed by atoms with van der Waals surface area (Å²) in [7, 11) is 1.67. The molecule has 1 aromatic rings. The molecule has 0 radical (unpaired) electrons. The van der Waals surface area contributed by atoms with Gasteiger partial charge in [0.05, 0.1) is 25.2 Å². The van der Waals surface area contributed by atoms with E-state index >= 15 is 0 Å². The molecule has 7 heteroatoms. The van der Waals surface area contributed by atoms with Gasteiger partial charge >= 0.3 is 0 Å². The standard InChI is InChI=1S/C18H25ClN2O3.ClH/c1-23-13-18(6-8-20-9-7-18)17(22)21-10-11-24-16(12-21)14-2-4-15(19)5-3-14;/h2-5,16,20H,6-13H2,1H3;1H. The van der Waals surface area contributed by atoms with Gasteiger partial charge in [-0.3, -0.25) is 4.79 Å². The summed E-state index contributed by atoms with van der Waals surface area (Å²) >= 11 is 5.96. The molecule has 25 heavy (non-hydrogen) atoms. The second-order valence-corrected chi connectivity index (χ2v) is 7.06. The van der Waals surface area contributed by atoms with E-state index in [-0.39, 0.29) is 24.4 Å². The molecule has 1 amide bonds. The lowest BCUT2D eigenvalue weighted by atomic mass is 9.78. The Morgan fingerprint density at radius 1 is 1.36 bits per heavy atom. The Labute approximate surface area is 160 Å². The fourth-order valence-electron chi connectivity index (χ4n) is 3.65. The van der Waals surface area contributed by atoms with E-state index in [2.05, 4.69) is 5.32 Å². The first-order chi connectivity index (χ1) is 11.6. The third-order valence-corrected chi connectivity index (χ3v) is 5.28. The zero-order chi connectivity index (χ0) is 17.0. The van der Waals surface area contributed by atoms with E-state index in [1.807, 2.05) is 29.2 Å². The first kappa shape index (κ1) is 20.5. The number of benzene rings is 1. The van der Waals surface area contributed by atoms with Gasteiger partial charge in [0.25, 0.3) is 0 Å². The van der Waals surface area contributed by atoms with Crippen LogP contribution in [0.5, 0.6) is 0 Å². The Morgan fingerprint density at radius 2 is 2.04 bits per heavy atom. The lowest BCUT2D eigenvalue weighted by molar-refractivity contribution is -0.155. The molecular formula is C18H26Cl2N2O3. The van der Waals surface area contributed by atoms with E-state index in [0.717, 1.165) is 31.5 Å². The monoisotopic (exact) mass is 388 g/mol. The zero-order valence-electron chi connectivity index (χ0n) is 14.5. The fraction of sp³-hybridized carbons (Fsp3) is 0.611. The summed E-state index contributed by atoms with van der Waals surface area (Å²) in [6.07, 6.45) is 1.55. The number of rotatable bonds is 4. The van der Waals surface area contributed by atoms with Crippen molar-refractivity contribution in [2.45, 2.75) is 18.9 Å². The van der Waals surface area contributed by atoms with Gasteiger partial charge in [0.15, 0.2) is 0 Å². The summed E-state index contributed by atoms with van der Waals surface area (Å²) in [4.78, 5) is 15.2. The summed E-state index contributed by atoms with van der Waals surface area (Å²) < 4.78 is 11.3. The third kappa shape index (κ3) is 4.66. The highest BCUT2D eigenvalue weighted by atomic mass is 35.5. The average Bonchev–Trinajstić information content (AvgIpc) is 2.63. The van der Waals surface area contributed by atoms with Gasteiger partial charge in [-0.05, 0) is 43.6 Å². The Balaban J connectivity index is 0.00000225. The topological polar surface area (TPSA) is 50.8 Å². The molecule has 0 aromatic heterocycles. The maximum atomic E-state index is 13.2. The van der Waals surface area contributed by atoms with Gasteiger partial charge in [0.1, 0.15) is 6.10 Å². The van der Waals surface area contributed by atoms with Gasteiger partial charge in [0, 0.05) is 18.7 Å². The molecule has 0 bridgehead atoms. The van der Waals surface area contributed by atoms with E-state index in [9.17, 15) is 4.79 Å². The number of nitrogens with one attached hydrogen (secondary N) is 1. The number of ether oxygens (including phenoxy) is 2. The number of piperidine rings is 1. The van der Waals surface area contributed by atoms with Gasteiger partial charge < -0.3 is 19.7 Å². The number of nitrogens with zero attached hydrogens (tertiary/aromatic N) is 1. The highest BCUT2D eigenvalue weighted by molar-refractivity contribution is 6.30. The molecule has 2 heterocycles. The zero-order valence-corrected chi connectivity index (χ0v) is 16.1. The van der Waals surface area contributed by atoms with Crippen molar-refractivity contribution in [3.05, 3.63) is 34.9 Å². The molecule has 1 N–H and O–H groups in total. The number of hydrogen-bond donors (Lipinski definition) is 1. The van der Waals surface area contributed by atoms with Crippen molar-refractivity contribution < 1.29 is 14.3 Å². The Hall–Kier alpha value is -0.850. The number of hydrogen-bond acceptors (Lipinski definition) is 4. The largest absolute Gasteiger partial charge is 0.384 e. The summed E-state index contributed by atoms with van der Waals surface area (Å²) in [5.74, 6) is 0.202. The molecule has 0 aliphatic carbocycles. The van der Waals surface area contributed by atoms with E-state index in [0.29, 0.717) is 31.3 Å². The van der Waals surface area contributed by atoms with Crippen LogP contribution in [0.4, 0.5) is 0 Å². The maximum absolute atomic E-state index is 13.2. The van der Waals surface area contributed by atoms with Crippen LogP contribution in [0, 0.1) is 5.41 Å². The molecule has 1 atom stereocenters. The smallest absolute Gasteiger partial charge is 0.231 e. The van der Waals surface area contributed by atoms with Crippen LogP contribution in [-0.4, -0.2) is 57.3 Å². The van der Waals surface area contributed by atoms with Crippen LogP contribution in [0.1, 0.15) is 24.5 Å². The minimum atomic E-state index is -0.401. The first-order valence-corrected chi connectivity index (χ1v) is 8.88. The molecule has 2 fully saturated rings. The number of methoxy groups -OCH3 is 1. The number of carbonyl (C=O) groups is 1. The van der Waals surface area contributed by atoms with Gasteiger partial charge in [-0.15, -0.1) is 12.4 Å². The van der Waals surface area contributed by atoms with Crippen LogP contribution in [0.25, 0.3) is 0 Å². The minimum absolute atomic E-state index is 0. The number of halogens is 2. The molecule has 2 saturated heterocycles. The minimum Gasteiger partial charge on any atom is -0.384 e. The molecule has 3 rings (SSSR count). The van der Waals surface area contributed by atoms with Crippen molar-refractivity contribution in [2.75, 3.05) is 46.5 Å². The van der Waals surface area contributed by atoms with Crippen LogP contribution >= 0.6 is 24.0 Å². The average molecular weight is 389 g/mol. The SMILES string of the molecule is COCC1(C(=O)N2CCOC(c3ccc(Cl)cc3)C2)CCNCC1.Cl. The molecule has 1 aromatic carbocycles. The number of amides is 1. The number of carbonyl (C=O) groups excluding carboxylic acids is 1. The molecule has 1 unspecified atom stereocenters. The van der Waals surface area contributed by atoms with E-state index in [1.54, 1.807) is 7.11 Å². The van der Waals surface area contributed by atoms with Crippen LogP contribution in [0.2, 0.25) is 5.02 Å². The van der Waals surface area contributed by atoms with Gasteiger partial charge in [-0.2, -0.15) is 0 Å². The molecule has 0 saturated carbocycles. The van der Waals surface area contributed by atoms with E-state index < -0.39 is 5.41 Å². The quantitative estimate of drug-likeness (QED) is 0.861. The van der Waals surface area contributed by atoms with Crippen LogP contribution in [0.15, 0.2) is 24.3 Å². The lowest BCUT2D eigenvalue weighted by Gasteiger charge is -2.42. The first-order valence-electron chi connectivity index (χ1n) is 8.51. The van der Waals surface area contributed by atoms with Crippen molar-refractivity contribution in [3.8, 4) is 0 Å². The van der Waals surface area contributed by atoms with Crippen LogP contribution < -0.4 is 5.32 Å². The van der Waals surface area contributed by atoms with Crippen molar-refractivity contribution in [1.82, 2.24) is 10.2 Å². The van der Waals surface area contributed by atoms with Crippen LogP contribution in [-0.2, 0) is 14.3 Å². The van der Waals surface area contributed by atoms with Crippen molar-refractivity contribution in [1.29, 1.82) is 0 Å². The predicted molar refractivity (Wildman–Crippen MR) is 100 cm³/mol. The van der Waals surface area contributed by atoms with Crippen LogP contribution in [0.3, 0.4) is 0 Å². The Morgan fingerprint density at radius 3 is 2.68 bits per heavy atom. The molecule has 2 aliphatic heterocycles. The van der Waals surface area contributed by atoms with Gasteiger partial charge in [-0.25, -0.2) is 0 Å². The van der Waals surface area contributed by atoms with E-state index in [1.165, 1.54) is 0 Å². The highest BCUT2D eigenvalue weighted by Gasteiger charge is 2.43. The summed E-state index contributed by atoms with van der Waals surface area (Å²) in [5, 5.41) is 4.04. The van der Waals surface area contributed by atoms with Crippen molar-refractivity contribution >= 4 is 29.9 Å². The predicted octanol–water partition coefficient (Wildman–Crippen LogP) is 2.68. The third-order valence-electron chi connectivity index (χ3n) is 5.03. The second-order valence-electron chi connectivity index (χ2n) is 6.63. The molecule has 140 valence electrons. The maximum Gasteiger partial charge on any atom is 0.231 e. The normalized spacial score (nSPS) is 23.0. The Bertz CT molecular complexity index is 556. The summed E-state index contributed by atoms with van der Waals surface area (Å²) in [6, 6.07) is 7.66. The summed E-state index contributed by atoms with van der Waals surface area (Å²) in [5.41, 5.74) is 0.657. The van der Waals surface area contributed by atoms with Gasteiger partial charge in [-0.1, -0.05) is 23.7 Å². The summed E-state index contributed by atoms with van der Waals surface area (Å²) in [6.45, 7) is 3.98. The van der Waals surface area contributed by atoms with Crippen molar-refractivity contribution in [2.24, 2.45) is 5.41 Å². The Kier molecular flexibility index (Phi) is 7.52. The van der Waals surface area contributed by atoms with Crippen molar-refractivity contribution in [3.63, 3.8) is 0 Å².